The summed E-state index contributed by atoms with van der Waals surface area (Å²) in [6.45, 7) is 6.20. The van der Waals surface area contributed by atoms with E-state index < -0.39 is 12.1 Å². The Morgan fingerprint density at radius 3 is 1.28 bits per heavy atom. The molecule has 0 radical (unpaired) electrons. The highest BCUT2D eigenvalue weighted by Gasteiger charge is 2.19. The van der Waals surface area contributed by atoms with Gasteiger partial charge in [0.15, 0.2) is 6.10 Å². The van der Waals surface area contributed by atoms with E-state index in [2.05, 4.69) is 106 Å². The maximum atomic E-state index is 12.6. The second-order valence-electron chi connectivity index (χ2n) is 13.5. The topological polar surface area (TPSA) is 78.9 Å². The van der Waals surface area contributed by atoms with Crippen molar-refractivity contribution in [1.29, 1.82) is 0 Å². The van der Waals surface area contributed by atoms with Crippen molar-refractivity contribution in [2.24, 2.45) is 0 Å². The van der Waals surface area contributed by atoms with E-state index in [-0.39, 0.29) is 38.0 Å². The van der Waals surface area contributed by atoms with Gasteiger partial charge in [0, 0.05) is 12.8 Å². The molecule has 0 saturated carbocycles. The van der Waals surface area contributed by atoms with E-state index in [0.29, 0.717) is 12.8 Å². The number of hydrogen-bond donors (Lipinski definition) is 0. The fourth-order valence-corrected chi connectivity index (χ4v) is 5.24. The number of esters is 3. The second kappa shape index (κ2) is 42.1. The summed E-state index contributed by atoms with van der Waals surface area (Å²) in [4.78, 5) is 37.5. The van der Waals surface area contributed by atoms with Crippen LogP contribution < -0.4 is 0 Å². The fraction of sp³-hybridized carbons (Fsp3) is 0.604. The zero-order valence-corrected chi connectivity index (χ0v) is 34.4. The van der Waals surface area contributed by atoms with E-state index in [9.17, 15) is 14.4 Å². The van der Waals surface area contributed by atoms with Crippen LogP contribution in [0.5, 0.6) is 0 Å². The number of rotatable bonds is 36. The lowest BCUT2D eigenvalue weighted by atomic mass is 10.1. The number of ether oxygens (including phenoxy) is 3. The first kappa shape index (κ1) is 50.3. The fourth-order valence-electron chi connectivity index (χ4n) is 5.24. The summed E-state index contributed by atoms with van der Waals surface area (Å²) >= 11 is 0. The summed E-state index contributed by atoms with van der Waals surface area (Å²) in [5.41, 5.74) is 0. The Balaban J connectivity index is 4.52. The molecule has 0 rings (SSSR count). The minimum atomic E-state index is -0.831. The Morgan fingerprint density at radius 1 is 0.407 bits per heavy atom. The molecule has 0 aromatic carbocycles. The van der Waals surface area contributed by atoms with Gasteiger partial charge in [0.1, 0.15) is 13.2 Å². The molecule has 54 heavy (non-hydrogen) atoms. The molecule has 0 saturated heterocycles. The van der Waals surface area contributed by atoms with Gasteiger partial charge in [-0.15, -0.1) is 0 Å². The molecule has 1 atom stereocenters. The van der Waals surface area contributed by atoms with Crippen LogP contribution in [0, 0.1) is 0 Å². The summed E-state index contributed by atoms with van der Waals surface area (Å²) in [7, 11) is 0. The summed E-state index contributed by atoms with van der Waals surface area (Å²) in [6, 6.07) is 0. The third-order valence-electron chi connectivity index (χ3n) is 8.37. The van der Waals surface area contributed by atoms with Crippen molar-refractivity contribution in [2.45, 2.75) is 175 Å². The van der Waals surface area contributed by atoms with Crippen molar-refractivity contribution >= 4 is 17.9 Å². The molecule has 0 aliphatic heterocycles. The predicted octanol–water partition coefficient (Wildman–Crippen LogP) is 13.5. The maximum Gasteiger partial charge on any atom is 0.309 e. The molecular formula is C48H76O6. The molecule has 1 unspecified atom stereocenters. The first-order chi connectivity index (χ1) is 26.5. The van der Waals surface area contributed by atoms with E-state index in [1.165, 1.54) is 44.9 Å². The summed E-state index contributed by atoms with van der Waals surface area (Å²) in [6.07, 6.45) is 54.3. The maximum absolute atomic E-state index is 12.6. The molecule has 0 bridgehead atoms. The highest BCUT2D eigenvalue weighted by molar-refractivity contribution is 5.72. The van der Waals surface area contributed by atoms with Gasteiger partial charge >= 0.3 is 17.9 Å². The molecule has 0 spiro atoms. The number of unbranched alkanes of at least 4 members (excludes halogenated alkanes) is 10. The van der Waals surface area contributed by atoms with E-state index in [0.717, 1.165) is 77.0 Å². The molecule has 0 aromatic heterocycles. The van der Waals surface area contributed by atoms with Crippen molar-refractivity contribution in [3.63, 3.8) is 0 Å². The molecule has 6 heteroatoms. The van der Waals surface area contributed by atoms with Gasteiger partial charge in [-0.05, 0) is 70.6 Å². The third kappa shape index (κ3) is 39.5. The molecular weight excluding hydrogens is 673 g/mol. The lowest BCUT2D eigenvalue weighted by Gasteiger charge is -2.18. The SMILES string of the molecule is CC/C=C\C/C=C\C/C=C\C/C=C\C/C=C\CCCC(=O)OCC(COC(=O)C/C=C\C/C=C\C/C=C\CC)OC(=O)CCCCCCCCCCCC. The molecule has 0 aliphatic carbocycles. The third-order valence-corrected chi connectivity index (χ3v) is 8.37. The van der Waals surface area contributed by atoms with Crippen molar-refractivity contribution in [1.82, 2.24) is 0 Å². The molecule has 0 aromatic rings. The van der Waals surface area contributed by atoms with Crippen molar-refractivity contribution in [3.05, 3.63) is 97.2 Å². The summed E-state index contributed by atoms with van der Waals surface area (Å²) in [5, 5.41) is 0. The minimum absolute atomic E-state index is 0.123. The van der Waals surface area contributed by atoms with Crippen LogP contribution in [0.4, 0.5) is 0 Å². The molecule has 0 N–H and O–H groups in total. The van der Waals surface area contributed by atoms with Crippen molar-refractivity contribution in [2.75, 3.05) is 13.2 Å². The van der Waals surface area contributed by atoms with Gasteiger partial charge in [0.05, 0.1) is 6.42 Å². The highest BCUT2D eigenvalue weighted by Crippen LogP contribution is 2.12. The predicted molar refractivity (Wildman–Crippen MR) is 228 cm³/mol. The van der Waals surface area contributed by atoms with Crippen LogP contribution in [0.25, 0.3) is 0 Å². The highest BCUT2D eigenvalue weighted by atomic mass is 16.6. The molecule has 304 valence electrons. The number of carbonyl (C=O) groups is 3. The Labute approximate surface area is 330 Å². The Kier molecular flexibility index (Phi) is 39.2. The van der Waals surface area contributed by atoms with Crippen LogP contribution in [0.3, 0.4) is 0 Å². The summed E-state index contributed by atoms with van der Waals surface area (Å²) < 4.78 is 16.5. The normalized spacial score (nSPS) is 13.0. The van der Waals surface area contributed by atoms with Gasteiger partial charge in [0.2, 0.25) is 0 Å². The van der Waals surface area contributed by atoms with Crippen molar-refractivity contribution < 1.29 is 28.6 Å². The van der Waals surface area contributed by atoms with Crippen LogP contribution in [0.15, 0.2) is 97.2 Å². The Bertz CT molecular complexity index is 1140. The first-order valence-electron chi connectivity index (χ1n) is 21.2. The van der Waals surface area contributed by atoms with E-state index in [4.69, 9.17) is 14.2 Å². The quantitative estimate of drug-likeness (QED) is 0.0275. The van der Waals surface area contributed by atoms with Gasteiger partial charge in [-0.25, -0.2) is 0 Å². The molecule has 0 fully saturated rings. The van der Waals surface area contributed by atoms with E-state index in [1.807, 2.05) is 6.08 Å². The first-order valence-corrected chi connectivity index (χ1v) is 21.2. The van der Waals surface area contributed by atoms with E-state index >= 15 is 0 Å². The van der Waals surface area contributed by atoms with Gasteiger partial charge in [0.25, 0.3) is 0 Å². The summed E-state index contributed by atoms with van der Waals surface area (Å²) in [5.74, 6) is -1.13. The van der Waals surface area contributed by atoms with Gasteiger partial charge < -0.3 is 14.2 Å². The van der Waals surface area contributed by atoms with Crippen molar-refractivity contribution in [3.8, 4) is 0 Å². The van der Waals surface area contributed by atoms with Gasteiger partial charge in [-0.3, -0.25) is 14.4 Å². The minimum Gasteiger partial charge on any atom is -0.462 e. The average molecular weight is 749 g/mol. The number of hydrogen-bond acceptors (Lipinski definition) is 6. The van der Waals surface area contributed by atoms with Crippen LogP contribution in [-0.2, 0) is 28.6 Å². The monoisotopic (exact) mass is 749 g/mol. The van der Waals surface area contributed by atoms with Gasteiger partial charge in [-0.1, -0.05) is 176 Å². The molecule has 0 amide bonds. The largest absolute Gasteiger partial charge is 0.462 e. The van der Waals surface area contributed by atoms with Crippen LogP contribution in [-0.4, -0.2) is 37.2 Å². The van der Waals surface area contributed by atoms with Crippen LogP contribution >= 0.6 is 0 Å². The lowest BCUT2D eigenvalue weighted by molar-refractivity contribution is -0.166. The zero-order valence-electron chi connectivity index (χ0n) is 34.4. The second-order valence-corrected chi connectivity index (χ2v) is 13.5. The van der Waals surface area contributed by atoms with Crippen LogP contribution in [0.2, 0.25) is 0 Å². The standard InChI is InChI=1S/C48H76O6/c1-4-7-10-13-16-19-21-22-23-24-25-26-27-30-32-35-38-41-47(50)53-44-45(43-52-46(49)40-37-34-31-28-18-15-12-9-6-3)54-48(51)42-39-36-33-29-20-17-14-11-8-5-2/h7,9-10,12,16,18-19,22-23,25-26,28,30,32,34,37,45H,4-6,8,11,13-15,17,20-21,24,27,29,31,33,35-36,38-44H2,1-3H3/b10-7-,12-9-,19-16-,23-22-,26-25-,28-18-,32-30-,37-34-. The lowest BCUT2D eigenvalue weighted by Crippen LogP contribution is -2.30. The smallest absolute Gasteiger partial charge is 0.309 e. The number of carbonyl (C=O) groups excluding carboxylic acids is 3. The molecule has 0 aliphatic rings. The Hall–Kier alpha value is -3.67. The average Bonchev–Trinajstić information content (AvgIpc) is 3.17. The van der Waals surface area contributed by atoms with Crippen LogP contribution in [0.1, 0.15) is 168 Å². The number of allylic oxidation sites excluding steroid dienone is 15. The Morgan fingerprint density at radius 2 is 0.796 bits per heavy atom. The molecule has 0 heterocycles. The van der Waals surface area contributed by atoms with E-state index in [1.54, 1.807) is 6.08 Å². The van der Waals surface area contributed by atoms with Gasteiger partial charge in [-0.2, -0.15) is 0 Å². The molecule has 6 nitrogen and oxygen atoms in total. The zero-order chi connectivity index (χ0) is 39.4.